The van der Waals surface area contributed by atoms with Gasteiger partial charge >= 0.3 is 0 Å². The lowest BCUT2D eigenvalue weighted by molar-refractivity contribution is -0.00564. The third kappa shape index (κ3) is 1.70. The summed E-state index contributed by atoms with van der Waals surface area (Å²) in [4.78, 5) is 3.96. The van der Waals surface area contributed by atoms with Gasteiger partial charge in [-0.25, -0.2) is 0 Å². The van der Waals surface area contributed by atoms with Crippen LogP contribution >= 0.6 is 0 Å². The van der Waals surface area contributed by atoms with E-state index in [1.807, 2.05) is 0 Å². The van der Waals surface area contributed by atoms with E-state index >= 15 is 0 Å². The molecule has 0 aromatic rings. The number of nitrogens with zero attached hydrogens (tertiary/aromatic N) is 1. The lowest BCUT2D eigenvalue weighted by Crippen LogP contribution is -2.40. The van der Waals surface area contributed by atoms with E-state index in [1.54, 1.807) is 14.2 Å². The molecule has 1 aliphatic carbocycles. The molecule has 1 fully saturated rings. The summed E-state index contributed by atoms with van der Waals surface area (Å²) < 4.78 is 5.06. The SMILES string of the molecule is CN=C1CC(OC)C(O)CC1=N. The molecule has 0 heterocycles. The maximum atomic E-state index is 9.43. The van der Waals surface area contributed by atoms with Crippen molar-refractivity contribution in [3.63, 3.8) is 0 Å². The molecular formula is C8H14N2O2. The number of ether oxygens (including phenoxy) is 1. The number of nitrogens with one attached hydrogen (secondary N) is 1. The Labute approximate surface area is 71.8 Å². The van der Waals surface area contributed by atoms with Gasteiger partial charge < -0.3 is 15.3 Å². The van der Waals surface area contributed by atoms with Crippen molar-refractivity contribution < 1.29 is 9.84 Å². The summed E-state index contributed by atoms with van der Waals surface area (Å²) in [6.45, 7) is 0. The van der Waals surface area contributed by atoms with E-state index in [4.69, 9.17) is 10.1 Å². The van der Waals surface area contributed by atoms with Crippen molar-refractivity contribution in [3.8, 4) is 0 Å². The summed E-state index contributed by atoms with van der Waals surface area (Å²) >= 11 is 0. The molecule has 0 saturated heterocycles. The quantitative estimate of drug-likeness (QED) is 0.592. The first-order valence-electron chi connectivity index (χ1n) is 3.93. The highest BCUT2D eigenvalue weighted by Gasteiger charge is 2.29. The average molecular weight is 170 g/mol. The van der Waals surface area contributed by atoms with Crippen molar-refractivity contribution in [3.05, 3.63) is 0 Å². The van der Waals surface area contributed by atoms with Gasteiger partial charge in [0.25, 0.3) is 0 Å². The van der Waals surface area contributed by atoms with Crippen LogP contribution in [-0.2, 0) is 4.74 Å². The van der Waals surface area contributed by atoms with E-state index in [9.17, 15) is 5.11 Å². The van der Waals surface area contributed by atoms with Crippen LogP contribution in [0, 0.1) is 5.41 Å². The fraction of sp³-hybridized carbons (Fsp3) is 0.750. The van der Waals surface area contributed by atoms with Gasteiger partial charge in [0, 0.05) is 27.0 Å². The Morgan fingerprint density at radius 2 is 2.25 bits per heavy atom. The molecule has 0 radical (unpaired) electrons. The Hall–Kier alpha value is -0.740. The van der Waals surface area contributed by atoms with Gasteiger partial charge in [-0.05, 0) is 0 Å². The van der Waals surface area contributed by atoms with Gasteiger partial charge in [0.05, 0.1) is 23.6 Å². The number of rotatable bonds is 1. The van der Waals surface area contributed by atoms with Crippen molar-refractivity contribution in [2.45, 2.75) is 25.0 Å². The van der Waals surface area contributed by atoms with E-state index in [1.165, 1.54) is 0 Å². The Morgan fingerprint density at radius 1 is 1.58 bits per heavy atom. The highest BCUT2D eigenvalue weighted by molar-refractivity contribution is 6.42. The lowest BCUT2D eigenvalue weighted by atomic mass is 9.91. The minimum Gasteiger partial charge on any atom is -0.390 e. The zero-order valence-corrected chi connectivity index (χ0v) is 7.37. The molecule has 0 bridgehead atoms. The Balaban J connectivity index is 2.70. The predicted molar refractivity (Wildman–Crippen MR) is 47.1 cm³/mol. The molecule has 0 amide bonds. The van der Waals surface area contributed by atoms with Crippen molar-refractivity contribution in [1.29, 1.82) is 5.41 Å². The largest absolute Gasteiger partial charge is 0.390 e. The smallest absolute Gasteiger partial charge is 0.0889 e. The van der Waals surface area contributed by atoms with Crippen LogP contribution < -0.4 is 0 Å². The molecule has 68 valence electrons. The maximum Gasteiger partial charge on any atom is 0.0889 e. The highest BCUT2D eigenvalue weighted by atomic mass is 16.5. The van der Waals surface area contributed by atoms with Crippen molar-refractivity contribution in [2.75, 3.05) is 14.2 Å². The molecule has 2 N–H and O–H groups in total. The Bertz CT molecular complexity index is 213. The van der Waals surface area contributed by atoms with Crippen LogP contribution in [0.15, 0.2) is 4.99 Å². The summed E-state index contributed by atoms with van der Waals surface area (Å²) in [6, 6.07) is 0. The summed E-state index contributed by atoms with van der Waals surface area (Å²) in [6.07, 6.45) is 0.156. The first kappa shape index (κ1) is 9.35. The van der Waals surface area contributed by atoms with Gasteiger partial charge in [-0.15, -0.1) is 0 Å². The van der Waals surface area contributed by atoms with Gasteiger partial charge in [-0.1, -0.05) is 0 Å². The minimum atomic E-state index is -0.548. The van der Waals surface area contributed by atoms with E-state index in [2.05, 4.69) is 4.99 Å². The topological polar surface area (TPSA) is 65.7 Å². The molecule has 12 heavy (non-hydrogen) atoms. The number of methoxy groups -OCH3 is 1. The Kier molecular flexibility index (Phi) is 2.94. The van der Waals surface area contributed by atoms with Crippen LogP contribution in [0.3, 0.4) is 0 Å². The fourth-order valence-electron chi connectivity index (χ4n) is 1.37. The fourth-order valence-corrected chi connectivity index (χ4v) is 1.37. The third-order valence-corrected chi connectivity index (χ3v) is 2.16. The van der Waals surface area contributed by atoms with Crippen LogP contribution in [-0.4, -0.2) is 42.9 Å². The summed E-state index contributed by atoms with van der Waals surface area (Å²) in [5, 5.41) is 16.9. The lowest BCUT2D eigenvalue weighted by Gasteiger charge is -2.27. The van der Waals surface area contributed by atoms with Gasteiger partial charge in [0.15, 0.2) is 0 Å². The molecular weight excluding hydrogens is 156 g/mol. The summed E-state index contributed by atoms with van der Waals surface area (Å²) in [5.74, 6) is 0. The molecule has 1 rings (SSSR count). The molecule has 0 spiro atoms. The Morgan fingerprint density at radius 3 is 2.75 bits per heavy atom. The van der Waals surface area contributed by atoms with Crippen LogP contribution in [0.2, 0.25) is 0 Å². The zero-order chi connectivity index (χ0) is 9.14. The first-order valence-corrected chi connectivity index (χ1v) is 3.93. The van der Waals surface area contributed by atoms with E-state index in [-0.39, 0.29) is 6.10 Å². The second-order valence-corrected chi connectivity index (χ2v) is 2.90. The number of hydrogen-bond acceptors (Lipinski definition) is 4. The van der Waals surface area contributed by atoms with Crippen molar-refractivity contribution in [1.82, 2.24) is 0 Å². The molecule has 2 unspecified atom stereocenters. The summed E-state index contributed by atoms with van der Waals surface area (Å²) in [5.41, 5.74) is 1.17. The maximum absolute atomic E-state index is 9.43. The monoisotopic (exact) mass is 170 g/mol. The van der Waals surface area contributed by atoms with E-state index in [0.29, 0.717) is 18.6 Å². The summed E-state index contributed by atoms with van der Waals surface area (Å²) in [7, 11) is 3.23. The third-order valence-electron chi connectivity index (χ3n) is 2.16. The number of aliphatic hydroxyl groups excluding tert-OH is 1. The molecule has 0 aromatic carbocycles. The second kappa shape index (κ2) is 3.78. The average Bonchev–Trinajstić information content (AvgIpc) is 2.05. The molecule has 1 aliphatic rings. The van der Waals surface area contributed by atoms with Crippen LogP contribution in [0.5, 0.6) is 0 Å². The number of aliphatic hydroxyl groups is 1. The standard InChI is InChI=1S/C8H14N2O2/c1-10-6-4-8(12-2)7(11)3-5(6)9/h7-9,11H,3-4H2,1-2H3. The van der Waals surface area contributed by atoms with Gasteiger partial charge in [0.1, 0.15) is 0 Å². The molecule has 4 nitrogen and oxygen atoms in total. The molecule has 4 heteroatoms. The van der Waals surface area contributed by atoms with Crippen molar-refractivity contribution in [2.24, 2.45) is 4.99 Å². The minimum absolute atomic E-state index is 0.196. The molecule has 0 aromatic heterocycles. The van der Waals surface area contributed by atoms with Gasteiger partial charge in [0.2, 0.25) is 0 Å². The van der Waals surface area contributed by atoms with Crippen LogP contribution in [0.1, 0.15) is 12.8 Å². The van der Waals surface area contributed by atoms with Gasteiger partial charge in [-0.2, -0.15) is 0 Å². The second-order valence-electron chi connectivity index (χ2n) is 2.90. The van der Waals surface area contributed by atoms with Crippen LogP contribution in [0.25, 0.3) is 0 Å². The predicted octanol–water partition coefficient (Wildman–Crippen LogP) is 0.247. The van der Waals surface area contributed by atoms with Crippen molar-refractivity contribution >= 4 is 11.4 Å². The zero-order valence-electron chi connectivity index (χ0n) is 7.37. The van der Waals surface area contributed by atoms with E-state index in [0.717, 1.165) is 5.71 Å². The molecule has 0 aliphatic heterocycles. The van der Waals surface area contributed by atoms with E-state index < -0.39 is 6.10 Å². The van der Waals surface area contributed by atoms with Gasteiger partial charge in [-0.3, -0.25) is 4.99 Å². The molecule has 1 saturated carbocycles. The van der Waals surface area contributed by atoms with Crippen LogP contribution in [0.4, 0.5) is 0 Å². The number of hydrogen-bond donors (Lipinski definition) is 2. The molecule has 2 atom stereocenters. The first-order chi connectivity index (χ1) is 5.69. The highest BCUT2D eigenvalue weighted by Crippen LogP contribution is 2.16. The number of aliphatic imine (C=N–C) groups is 1. The normalized spacial score (nSPS) is 34.2.